The molecule has 0 saturated heterocycles. The molecular formula is C16H8BrClF2N2O2. The number of carbonyl (C=O) groups excluding carboxylic acids is 1. The van der Waals surface area contributed by atoms with Crippen molar-refractivity contribution >= 4 is 39.1 Å². The molecule has 2 aromatic carbocycles. The van der Waals surface area contributed by atoms with Gasteiger partial charge < -0.3 is 9.84 Å². The van der Waals surface area contributed by atoms with Crippen LogP contribution in [0.2, 0.25) is 5.02 Å². The lowest BCUT2D eigenvalue weighted by Crippen LogP contribution is -2.14. The van der Waals surface area contributed by atoms with Crippen LogP contribution < -0.4 is 5.32 Å². The van der Waals surface area contributed by atoms with Crippen LogP contribution in [0.3, 0.4) is 0 Å². The first kappa shape index (κ1) is 16.6. The third-order valence-corrected chi connectivity index (χ3v) is 3.96. The van der Waals surface area contributed by atoms with E-state index in [9.17, 15) is 13.6 Å². The zero-order valence-corrected chi connectivity index (χ0v) is 14.2. The number of rotatable bonds is 3. The topological polar surface area (TPSA) is 55.1 Å². The third-order valence-electron chi connectivity index (χ3n) is 3.10. The maximum atomic E-state index is 13.8. The second-order valence-electron chi connectivity index (χ2n) is 4.79. The van der Waals surface area contributed by atoms with Crippen molar-refractivity contribution < 1.29 is 18.1 Å². The van der Waals surface area contributed by atoms with Crippen LogP contribution in [0.5, 0.6) is 0 Å². The molecule has 24 heavy (non-hydrogen) atoms. The lowest BCUT2D eigenvalue weighted by Gasteiger charge is -2.07. The second kappa shape index (κ2) is 6.70. The maximum absolute atomic E-state index is 13.8. The van der Waals surface area contributed by atoms with Crippen LogP contribution in [0.15, 0.2) is 51.5 Å². The number of hydrogen-bond donors (Lipinski definition) is 1. The average Bonchev–Trinajstić information content (AvgIpc) is 3.00. The fourth-order valence-electron chi connectivity index (χ4n) is 2.00. The van der Waals surface area contributed by atoms with Gasteiger partial charge in [-0.25, -0.2) is 8.78 Å². The molecule has 0 aliphatic heterocycles. The van der Waals surface area contributed by atoms with Gasteiger partial charge in [-0.3, -0.25) is 4.79 Å². The van der Waals surface area contributed by atoms with E-state index in [0.717, 1.165) is 6.07 Å². The van der Waals surface area contributed by atoms with E-state index < -0.39 is 17.5 Å². The van der Waals surface area contributed by atoms with E-state index in [2.05, 4.69) is 26.4 Å². The van der Waals surface area contributed by atoms with Crippen LogP contribution in [0.4, 0.5) is 14.5 Å². The Balaban J connectivity index is 1.85. The van der Waals surface area contributed by atoms with Crippen LogP contribution >= 0.6 is 27.5 Å². The smallest absolute Gasteiger partial charge is 0.277 e. The van der Waals surface area contributed by atoms with Crippen LogP contribution in [0.25, 0.3) is 11.3 Å². The average molecular weight is 414 g/mol. The summed E-state index contributed by atoms with van der Waals surface area (Å²) in [4.78, 5) is 12.2. The summed E-state index contributed by atoms with van der Waals surface area (Å²) >= 11 is 8.90. The van der Waals surface area contributed by atoms with Crippen molar-refractivity contribution in [3.8, 4) is 11.3 Å². The first-order chi connectivity index (χ1) is 11.4. The molecule has 3 aromatic rings. The minimum absolute atomic E-state index is 0.0550. The molecule has 4 nitrogen and oxygen atoms in total. The summed E-state index contributed by atoms with van der Waals surface area (Å²) in [6.45, 7) is 0. The molecule has 0 spiro atoms. The predicted octanol–water partition coefficient (Wildman–Crippen LogP) is 5.29. The Kier molecular flexibility index (Phi) is 4.64. The summed E-state index contributed by atoms with van der Waals surface area (Å²) < 4.78 is 32.0. The summed E-state index contributed by atoms with van der Waals surface area (Å²) in [6.07, 6.45) is 0. The summed E-state index contributed by atoms with van der Waals surface area (Å²) in [6, 6.07) is 9.93. The number of aromatic nitrogens is 1. The minimum atomic E-state index is -0.909. The highest BCUT2D eigenvalue weighted by Crippen LogP contribution is 2.28. The Hall–Kier alpha value is -2.25. The van der Waals surface area contributed by atoms with Gasteiger partial charge in [0.15, 0.2) is 17.3 Å². The zero-order valence-electron chi connectivity index (χ0n) is 11.8. The van der Waals surface area contributed by atoms with Gasteiger partial charge in [0.2, 0.25) is 0 Å². The Morgan fingerprint density at radius 1 is 1.21 bits per heavy atom. The molecule has 0 aliphatic rings. The Morgan fingerprint density at radius 2 is 2.00 bits per heavy atom. The largest absolute Gasteiger partial charge is 0.355 e. The standard InChI is InChI=1S/C16H8BrClF2N2O2/c17-11-5-10(19)6-12(20)15(11)21-16(23)13-7-14(24-22-13)8-2-1-3-9(18)4-8/h1-7H,(H,21,23). The highest BCUT2D eigenvalue weighted by Gasteiger charge is 2.18. The highest BCUT2D eigenvalue weighted by atomic mass is 79.9. The van der Waals surface area contributed by atoms with E-state index in [0.29, 0.717) is 22.4 Å². The number of amides is 1. The molecule has 0 saturated carbocycles. The van der Waals surface area contributed by atoms with Crippen LogP contribution in [-0.2, 0) is 0 Å². The summed E-state index contributed by atoms with van der Waals surface area (Å²) in [5, 5.41) is 6.48. The molecule has 0 aliphatic carbocycles. The van der Waals surface area contributed by atoms with Gasteiger partial charge in [0.05, 0.1) is 5.69 Å². The van der Waals surface area contributed by atoms with E-state index in [1.54, 1.807) is 24.3 Å². The maximum Gasteiger partial charge on any atom is 0.277 e. The molecule has 0 unspecified atom stereocenters. The first-order valence-electron chi connectivity index (χ1n) is 6.62. The van der Waals surface area contributed by atoms with Gasteiger partial charge in [0.1, 0.15) is 5.82 Å². The molecule has 0 fully saturated rings. The molecule has 0 radical (unpaired) electrons. The Bertz CT molecular complexity index is 907. The van der Waals surface area contributed by atoms with Crippen LogP contribution in [0.1, 0.15) is 10.5 Å². The Labute approximate surface area is 148 Å². The van der Waals surface area contributed by atoms with E-state index >= 15 is 0 Å². The van der Waals surface area contributed by atoms with Gasteiger partial charge in [-0.15, -0.1) is 0 Å². The van der Waals surface area contributed by atoms with E-state index in [1.165, 1.54) is 6.07 Å². The second-order valence-corrected chi connectivity index (χ2v) is 6.08. The van der Waals surface area contributed by atoms with Gasteiger partial charge in [-0.05, 0) is 34.1 Å². The zero-order chi connectivity index (χ0) is 17.3. The molecule has 0 bridgehead atoms. The Morgan fingerprint density at radius 3 is 2.71 bits per heavy atom. The van der Waals surface area contributed by atoms with Crippen molar-refractivity contribution in [1.29, 1.82) is 0 Å². The molecule has 1 amide bonds. The molecule has 8 heteroatoms. The van der Waals surface area contributed by atoms with Crippen LogP contribution in [-0.4, -0.2) is 11.1 Å². The summed E-state index contributed by atoms with van der Waals surface area (Å²) in [5.41, 5.74) is 0.400. The van der Waals surface area contributed by atoms with Crippen molar-refractivity contribution in [1.82, 2.24) is 5.16 Å². The number of carbonyl (C=O) groups is 1. The summed E-state index contributed by atoms with van der Waals surface area (Å²) in [5.74, 6) is -2.03. The van der Waals surface area contributed by atoms with Gasteiger partial charge in [0.25, 0.3) is 5.91 Å². The molecule has 1 N–H and O–H groups in total. The lowest BCUT2D eigenvalue weighted by molar-refractivity contribution is 0.101. The monoisotopic (exact) mass is 412 g/mol. The first-order valence-corrected chi connectivity index (χ1v) is 7.79. The van der Waals surface area contributed by atoms with Gasteiger partial charge in [-0.2, -0.15) is 0 Å². The van der Waals surface area contributed by atoms with E-state index in [-0.39, 0.29) is 15.9 Å². The van der Waals surface area contributed by atoms with E-state index in [4.69, 9.17) is 16.1 Å². The molecule has 1 heterocycles. The quantitative estimate of drug-likeness (QED) is 0.635. The van der Waals surface area contributed by atoms with Crippen molar-refractivity contribution in [2.24, 2.45) is 0 Å². The number of benzene rings is 2. The lowest BCUT2D eigenvalue weighted by atomic mass is 10.1. The van der Waals surface area contributed by atoms with Crippen molar-refractivity contribution in [3.05, 3.63) is 69.3 Å². The predicted molar refractivity (Wildman–Crippen MR) is 89.0 cm³/mol. The van der Waals surface area contributed by atoms with Gasteiger partial charge >= 0.3 is 0 Å². The SMILES string of the molecule is O=C(Nc1c(F)cc(F)cc1Br)c1cc(-c2cccc(Cl)c2)on1. The molecule has 122 valence electrons. The number of halogens is 4. The molecule has 1 aromatic heterocycles. The highest BCUT2D eigenvalue weighted by molar-refractivity contribution is 9.10. The molecular weight excluding hydrogens is 406 g/mol. The number of nitrogens with zero attached hydrogens (tertiary/aromatic N) is 1. The van der Waals surface area contributed by atoms with Crippen LogP contribution in [0, 0.1) is 11.6 Å². The van der Waals surface area contributed by atoms with Crippen molar-refractivity contribution in [2.45, 2.75) is 0 Å². The minimum Gasteiger partial charge on any atom is -0.355 e. The van der Waals surface area contributed by atoms with Gasteiger partial charge in [0, 0.05) is 27.2 Å². The van der Waals surface area contributed by atoms with Crippen molar-refractivity contribution in [2.75, 3.05) is 5.32 Å². The fraction of sp³-hybridized carbons (Fsp3) is 0. The third kappa shape index (κ3) is 3.47. The number of nitrogens with one attached hydrogen (secondary N) is 1. The normalized spacial score (nSPS) is 10.7. The molecule has 3 rings (SSSR count). The number of anilines is 1. The fourth-order valence-corrected chi connectivity index (χ4v) is 2.70. The summed E-state index contributed by atoms with van der Waals surface area (Å²) in [7, 11) is 0. The van der Waals surface area contributed by atoms with Gasteiger partial charge in [-0.1, -0.05) is 28.9 Å². The van der Waals surface area contributed by atoms with E-state index in [1.807, 2.05) is 0 Å². The van der Waals surface area contributed by atoms with Crippen molar-refractivity contribution in [3.63, 3.8) is 0 Å². The molecule has 0 atom stereocenters. The number of hydrogen-bond acceptors (Lipinski definition) is 3.